The van der Waals surface area contributed by atoms with E-state index in [0.29, 0.717) is 6.54 Å². The smallest absolute Gasteiger partial charge is 0.0239 e. The van der Waals surface area contributed by atoms with Crippen LogP contribution in [-0.4, -0.2) is 24.5 Å². The molecule has 0 amide bonds. The predicted molar refractivity (Wildman–Crippen MR) is 68.2 cm³/mol. The third-order valence-electron chi connectivity index (χ3n) is 3.17. The minimum atomic E-state index is 0.595. The fourth-order valence-corrected chi connectivity index (χ4v) is 2.28. The van der Waals surface area contributed by atoms with E-state index in [1.54, 1.807) is 0 Å². The lowest BCUT2D eigenvalue weighted by atomic mass is 10.0. The van der Waals surface area contributed by atoms with Crippen LogP contribution in [0, 0.1) is 0 Å². The van der Waals surface area contributed by atoms with Gasteiger partial charge in [0.2, 0.25) is 0 Å². The predicted octanol–water partition coefficient (Wildman–Crippen LogP) is 1.95. The molecule has 0 saturated heterocycles. The van der Waals surface area contributed by atoms with E-state index < -0.39 is 0 Å². The highest BCUT2D eigenvalue weighted by molar-refractivity contribution is 5.28. The van der Waals surface area contributed by atoms with Crippen molar-refractivity contribution in [3.8, 4) is 0 Å². The van der Waals surface area contributed by atoms with Gasteiger partial charge in [-0.1, -0.05) is 30.8 Å². The van der Waals surface area contributed by atoms with E-state index in [1.165, 1.54) is 24.0 Å². The average molecular weight is 216 g/mol. The van der Waals surface area contributed by atoms with Crippen LogP contribution in [-0.2, 0) is 13.0 Å². The van der Waals surface area contributed by atoms with Gasteiger partial charge in [-0.25, -0.2) is 0 Å². The van der Waals surface area contributed by atoms with Gasteiger partial charge in [0.15, 0.2) is 0 Å². The number of benzene rings is 1. The Balaban J connectivity index is 2.07. The molecular formula is C14H20N2. The van der Waals surface area contributed by atoms with Crippen LogP contribution in [0.5, 0.6) is 0 Å². The maximum Gasteiger partial charge on any atom is 0.0239 e. The van der Waals surface area contributed by atoms with Crippen molar-refractivity contribution in [3.05, 3.63) is 47.5 Å². The molecule has 2 N–H and O–H groups in total. The molecule has 0 aromatic heterocycles. The van der Waals surface area contributed by atoms with Crippen molar-refractivity contribution in [2.45, 2.75) is 19.4 Å². The maximum atomic E-state index is 5.60. The Morgan fingerprint density at radius 2 is 2.06 bits per heavy atom. The lowest BCUT2D eigenvalue weighted by molar-refractivity contribution is 0.292. The van der Waals surface area contributed by atoms with E-state index in [0.717, 1.165) is 25.2 Å². The minimum Gasteiger partial charge on any atom is -0.327 e. The molecule has 1 aliphatic heterocycles. The van der Waals surface area contributed by atoms with Crippen molar-refractivity contribution in [3.63, 3.8) is 0 Å². The van der Waals surface area contributed by atoms with Crippen LogP contribution in [0.3, 0.4) is 0 Å². The quantitative estimate of drug-likeness (QED) is 0.783. The minimum absolute atomic E-state index is 0.595. The number of nitrogens with two attached hydrogens (primary N) is 1. The molecule has 1 aromatic carbocycles. The molecule has 1 heterocycles. The van der Waals surface area contributed by atoms with Crippen LogP contribution in [0.25, 0.3) is 0 Å². The number of fused-ring (bicyclic) bond motifs is 1. The Bertz CT molecular complexity index is 371. The first kappa shape index (κ1) is 11.4. The molecule has 0 saturated carbocycles. The second kappa shape index (κ2) is 5.28. The van der Waals surface area contributed by atoms with E-state index in [2.05, 4.69) is 35.7 Å². The molecule has 2 heteroatoms. The van der Waals surface area contributed by atoms with Crippen molar-refractivity contribution in [2.24, 2.45) is 5.73 Å². The second-order valence-corrected chi connectivity index (χ2v) is 4.54. The molecule has 86 valence electrons. The van der Waals surface area contributed by atoms with Crippen molar-refractivity contribution in [1.82, 2.24) is 4.90 Å². The van der Waals surface area contributed by atoms with Crippen molar-refractivity contribution < 1.29 is 0 Å². The normalized spacial score (nSPS) is 16.6. The molecule has 16 heavy (non-hydrogen) atoms. The van der Waals surface area contributed by atoms with Gasteiger partial charge in [0.25, 0.3) is 0 Å². The third-order valence-corrected chi connectivity index (χ3v) is 3.17. The van der Waals surface area contributed by atoms with Crippen LogP contribution in [0.4, 0.5) is 0 Å². The zero-order chi connectivity index (χ0) is 11.4. The summed E-state index contributed by atoms with van der Waals surface area (Å²) in [5.74, 6) is 0. The number of rotatable bonds is 3. The van der Waals surface area contributed by atoms with Gasteiger partial charge in [0.1, 0.15) is 0 Å². The van der Waals surface area contributed by atoms with Crippen LogP contribution in [0.15, 0.2) is 36.4 Å². The van der Waals surface area contributed by atoms with Crippen LogP contribution in [0.1, 0.15) is 17.5 Å². The zero-order valence-corrected chi connectivity index (χ0v) is 9.78. The first-order valence-electron chi connectivity index (χ1n) is 5.95. The second-order valence-electron chi connectivity index (χ2n) is 4.54. The summed E-state index contributed by atoms with van der Waals surface area (Å²) in [4.78, 5) is 2.45. The highest BCUT2D eigenvalue weighted by atomic mass is 15.1. The van der Waals surface area contributed by atoms with Crippen molar-refractivity contribution >= 4 is 0 Å². The molecule has 2 rings (SSSR count). The Hall–Kier alpha value is -1.12. The summed E-state index contributed by atoms with van der Waals surface area (Å²) in [6.45, 7) is 7.70. The lowest BCUT2D eigenvalue weighted by Crippen LogP contribution is -2.27. The number of aryl methyl sites for hydroxylation is 1. The third kappa shape index (κ3) is 2.71. The van der Waals surface area contributed by atoms with Gasteiger partial charge in [0.05, 0.1) is 0 Å². The highest BCUT2D eigenvalue weighted by Crippen LogP contribution is 2.18. The van der Waals surface area contributed by atoms with Gasteiger partial charge in [-0.05, 0) is 36.1 Å². The zero-order valence-electron chi connectivity index (χ0n) is 9.78. The largest absolute Gasteiger partial charge is 0.327 e. The standard InChI is InChI=1S/C14H20N2/c1-12(9-15)10-16-8-4-7-13-5-2-3-6-14(13)11-16/h2-3,5-6H,1,4,7-11,15H2. The van der Waals surface area contributed by atoms with E-state index in [-0.39, 0.29) is 0 Å². The van der Waals surface area contributed by atoms with E-state index in [1.807, 2.05) is 0 Å². The fraction of sp³-hybridized carbons (Fsp3) is 0.429. The van der Waals surface area contributed by atoms with Crippen LogP contribution >= 0.6 is 0 Å². The number of nitrogens with zero attached hydrogens (tertiary/aromatic N) is 1. The lowest BCUT2D eigenvalue weighted by Gasteiger charge is -2.21. The fourth-order valence-electron chi connectivity index (χ4n) is 2.28. The summed E-state index contributed by atoms with van der Waals surface area (Å²) in [5, 5.41) is 0. The maximum absolute atomic E-state index is 5.60. The molecule has 0 unspecified atom stereocenters. The molecule has 0 radical (unpaired) electrons. The van der Waals surface area contributed by atoms with E-state index in [4.69, 9.17) is 5.73 Å². The summed E-state index contributed by atoms with van der Waals surface area (Å²) in [6.07, 6.45) is 2.43. The summed E-state index contributed by atoms with van der Waals surface area (Å²) in [5.41, 5.74) is 9.69. The van der Waals surface area contributed by atoms with Gasteiger partial charge >= 0.3 is 0 Å². The molecule has 0 bridgehead atoms. The highest BCUT2D eigenvalue weighted by Gasteiger charge is 2.13. The Labute approximate surface area is 97.8 Å². The monoisotopic (exact) mass is 216 g/mol. The Morgan fingerprint density at radius 1 is 1.31 bits per heavy atom. The number of hydrogen-bond acceptors (Lipinski definition) is 2. The van der Waals surface area contributed by atoms with Crippen molar-refractivity contribution in [2.75, 3.05) is 19.6 Å². The first-order valence-corrected chi connectivity index (χ1v) is 5.95. The van der Waals surface area contributed by atoms with Crippen LogP contribution in [0.2, 0.25) is 0 Å². The molecule has 0 fully saturated rings. The van der Waals surface area contributed by atoms with Crippen molar-refractivity contribution in [1.29, 1.82) is 0 Å². The summed E-state index contributed by atoms with van der Waals surface area (Å²) >= 11 is 0. The topological polar surface area (TPSA) is 29.3 Å². The van der Waals surface area contributed by atoms with E-state index >= 15 is 0 Å². The Morgan fingerprint density at radius 3 is 2.81 bits per heavy atom. The molecule has 2 nitrogen and oxygen atoms in total. The van der Waals surface area contributed by atoms with Gasteiger partial charge in [-0.2, -0.15) is 0 Å². The SMILES string of the molecule is C=C(CN)CN1CCCc2ccccc2C1. The van der Waals surface area contributed by atoms with Crippen LogP contribution < -0.4 is 5.73 Å². The van der Waals surface area contributed by atoms with Gasteiger partial charge in [0, 0.05) is 19.6 Å². The van der Waals surface area contributed by atoms with Gasteiger partial charge < -0.3 is 5.73 Å². The molecule has 0 atom stereocenters. The molecule has 0 aliphatic carbocycles. The van der Waals surface area contributed by atoms with E-state index in [9.17, 15) is 0 Å². The number of hydrogen-bond donors (Lipinski definition) is 1. The summed E-state index contributed by atoms with van der Waals surface area (Å²) < 4.78 is 0. The van der Waals surface area contributed by atoms with Gasteiger partial charge in [-0.15, -0.1) is 0 Å². The summed E-state index contributed by atoms with van der Waals surface area (Å²) in [6, 6.07) is 8.74. The molecule has 1 aliphatic rings. The molecule has 1 aromatic rings. The first-order chi connectivity index (χ1) is 7.79. The van der Waals surface area contributed by atoms with Gasteiger partial charge in [-0.3, -0.25) is 4.90 Å². The Kier molecular flexibility index (Phi) is 3.75. The average Bonchev–Trinajstić information content (AvgIpc) is 2.50. The molecule has 0 spiro atoms. The summed E-state index contributed by atoms with van der Waals surface area (Å²) in [7, 11) is 0. The molecular weight excluding hydrogens is 196 g/mol.